The van der Waals surface area contributed by atoms with Crippen molar-refractivity contribution in [3.63, 3.8) is 0 Å². The van der Waals surface area contributed by atoms with Gasteiger partial charge in [0.25, 0.3) is 0 Å². The highest BCUT2D eigenvalue weighted by atomic mass is 35.5. The highest BCUT2D eigenvalue weighted by Gasteiger charge is 2.06. The van der Waals surface area contributed by atoms with Crippen molar-refractivity contribution in [3.05, 3.63) is 17.3 Å². The van der Waals surface area contributed by atoms with E-state index in [0.717, 1.165) is 4.90 Å². The van der Waals surface area contributed by atoms with Crippen LogP contribution < -0.4 is 5.73 Å². The lowest BCUT2D eigenvalue weighted by atomic mass is 10.5. The van der Waals surface area contributed by atoms with Gasteiger partial charge in [-0.25, -0.2) is 4.98 Å². The summed E-state index contributed by atoms with van der Waals surface area (Å²) >= 11 is 7.62. The SMILES string of the molecule is CC(C)Sc1ccnc(N)c1Cl. The fourth-order valence-corrected chi connectivity index (χ4v) is 1.89. The van der Waals surface area contributed by atoms with Gasteiger partial charge < -0.3 is 5.73 Å². The predicted molar refractivity (Wildman–Crippen MR) is 54.7 cm³/mol. The van der Waals surface area contributed by atoms with Crippen molar-refractivity contribution in [2.24, 2.45) is 0 Å². The lowest BCUT2D eigenvalue weighted by Gasteiger charge is -2.07. The van der Waals surface area contributed by atoms with Crippen LogP contribution in [-0.2, 0) is 0 Å². The molecular formula is C8H11ClN2S. The van der Waals surface area contributed by atoms with Gasteiger partial charge in [-0.3, -0.25) is 0 Å². The molecule has 0 unspecified atom stereocenters. The van der Waals surface area contributed by atoms with Gasteiger partial charge in [0.1, 0.15) is 5.82 Å². The fourth-order valence-electron chi connectivity index (χ4n) is 0.786. The summed E-state index contributed by atoms with van der Waals surface area (Å²) in [6, 6.07) is 1.88. The topological polar surface area (TPSA) is 38.9 Å². The normalized spacial score (nSPS) is 10.7. The molecule has 4 heteroatoms. The molecule has 0 radical (unpaired) electrons. The maximum Gasteiger partial charge on any atom is 0.143 e. The number of nitrogens with two attached hydrogens (primary N) is 1. The van der Waals surface area contributed by atoms with Crippen LogP contribution in [0.3, 0.4) is 0 Å². The third kappa shape index (κ3) is 2.29. The van der Waals surface area contributed by atoms with Crippen molar-refractivity contribution in [2.75, 3.05) is 5.73 Å². The van der Waals surface area contributed by atoms with Crippen LogP contribution in [0.15, 0.2) is 17.2 Å². The first-order valence-electron chi connectivity index (χ1n) is 3.68. The van der Waals surface area contributed by atoms with Gasteiger partial charge in [0, 0.05) is 16.3 Å². The van der Waals surface area contributed by atoms with Gasteiger partial charge in [0.2, 0.25) is 0 Å². The molecule has 0 aromatic carbocycles. The van der Waals surface area contributed by atoms with Crippen LogP contribution in [0.4, 0.5) is 5.82 Å². The van der Waals surface area contributed by atoms with Crippen molar-refractivity contribution in [2.45, 2.75) is 24.0 Å². The number of nitrogen functional groups attached to an aromatic ring is 1. The Kier molecular flexibility index (Phi) is 3.23. The van der Waals surface area contributed by atoms with Gasteiger partial charge in [-0.05, 0) is 6.07 Å². The predicted octanol–water partition coefficient (Wildman–Crippen LogP) is 2.82. The maximum atomic E-state index is 5.93. The van der Waals surface area contributed by atoms with Crippen LogP contribution in [-0.4, -0.2) is 10.2 Å². The molecule has 0 aliphatic heterocycles. The smallest absolute Gasteiger partial charge is 0.143 e. The highest BCUT2D eigenvalue weighted by Crippen LogP contribution is 2.32. The van der Waals surface area contributed by atoms with Gasteiger partial charge in [-0.2, -0.15) is 0 Å². The summed E-state index contributed by atoms with van der Waals surface area (Å²) in [7, 11) is 0. The van der Waals surface area contributed by atoms with Gasteiger partial charge in [-0.1, -0.05) is 25.4 Å². The Morgan fingerprint density at radius 2 is 2.25 bits per heavy atom. The molecule has 0 atom stereocenters. The number of hydrogen-bond donors (Lipinski definition) is 1. The largest absolute Gasteiger partial charge is 0.382 e. The number of anilines is 1. The van der Waals surface area contributed by atoms with Crippen LogP contribution >= 0.6 is 23.4 Å². The molecule has 0 aliphatic carbocycles. The molecule has 0 amide bonds. The first kappa shape index (κ1) is 9.68. The van der Waals surface area contributed by atoms with Crippen LogP contribution in [0.1, 0.15) is 13.8 Å². The van der Waals surface area contributed by atoms with Crippen LogP contribution in [0.2, 0.25) is 5.02 Å². The zero-order valence-electron chi connectivity index (χ0n) is 7.04. The number of hydrogen-bond acceptors (Lipinski definition) is 3. The molecule has 0 bridgehead atoms. The van der Waals surface area contributed by atoms with Gasteiger partial charge >= 0.3 is 0 Å². The summed E-state index contributed by atoms with van der Waals surface area (Å²) in [5.41, 5.74) is 5.54. The van der Waals surface area contributed by atoms with E-state index in [2.05, 4.69) is 18.8 Å². The zero-order valence-corrected chi connectivity index (χ0v) is 8.62. The molecule has 0 saturated carbocycles. The van der Waals surface area contributed by atoms with E-state index in [9.17, 15) is 0 Å². The third-order valence-corrected chi connectivity index (χ3v) is 2.82. The summed E-state index contributed by atoms with van der Waals surface area (Å²) in [5.74, 6) is 0.405. The fraction of sp³-hybridized carbons (Fsp3) is 0.375. The quantitative estimate of drug-likeness (QED) is 0.750. The Bertz CT molecular complexity index is 276. The minimum atomic E-state index is 0.405. The van der Waals surface area contributed by atoms with Crippen LogP contribution in [0.5, 0.6) is 0 Å². The van der Waals surface area contributed by atoms with Gasteiger partial charge in [0.15, 0.2) is 0 Å². The van der Waals surface area contributed by atoms with E-state index in [0.29, 0.717) is 16.1 Å². The monoisotopic (exact) mass is 202 g/mol. The first-order chi connectivity index (χ1) is 5.61. The number of thioether (sulfide) groups is 1. The second kappa shape index (κ2) is 4.01. The second-order valence-corrected chi connectivity index (χ2v) is 4.67. The summed E-state index contributed by atoms with van der Waals surface area (Å²) < 4.78 is 0. The van der Waals surface area contributed by atoms with Crippen LogP contribution in [0.25, 0.3) is 0 Å². The first-order valence-corrected chi connectivity index (χ1v) is 4.93. The summed E-state index contributed by atoms with van der Waals surface area (Å²) in [5, 5.41) is 1.07. The molecule has 1 rings (SSSR count). The van der Waals surface area contributed by atoms with Crippen molar-refractivity contribution >= 4 is 29.2 Å². The lowest BCUT2D eigenvalue weighted by Crippen LogP contribution is -1.93. The van der Waals surface area contributed by atoms with Crippen molar-refractivity contribution in [3.8, 4) is 0 Å². The summed E-state index contributed by atoms with van der Waals surface area (Å²) in [6.07, 6.45) is 1.67. The number of halogens is 1. The molecule has 2 nitrogen and oxygen atoms in total. The number of pyridine rings is 1. The molecule has 0 saturated heterocycles. The molecule has 2 N–H and O–H groups in total. The lowest BCUT2D eigenvalue weighted by molar-refractivity contribution is 1.11. The van der Waals surface area contributed by atoms with Crippen molar-refractivity contribution < 1.29 is 0 Å². The number of aromatic nitrogens is 1. The maximum absolute atomic E-state index is 5.93. The van der Waals surface area contributed by atoms with Crippen molar-refractivity contribution in [1.29, 1.82) is 0 Å². The van der Waals surface area contributed by atoms with E-state index >= 15 is 0 Å². The van der Waals surface area contributed by atoms with E-state index in [1.54, 1.807) is 18.0 Å². The molecule has 1 heterocycles. The molecule has 12 heavy (non-hydrogen) atoms. The molecule has 1 aromatic heterocycles. The average Bonchev–Trinajstić information content (AvgIpc) is 1.98. The van der Waals surface area contributed by atoms with Crippen molar-refractivity contribution in [1.82, 2.24) is 4.98 Å². The second-order valence-electron chi connectivity index (χ2n) is 2.67. The Balaban J connectivity index is 2.92. The third-order valence-electron chi connectivity index (χ3n) is 1.24. The van der Waals surface area contributed by atoms with Gasteiger partial charge in [0.05, 0.1) is 5.02 Å². The van der Waals surface area contributed by atoms with E-state index in [1.165, 1.54) is 0 Å². The Morgan fingerprint density at radius 1 is 1.58 bits per heavy atom. The minimum absolute atomic E-state index is 0.405. The molecule has 0 aliphatic rings. The molecule has 0 spiro atoms. The van der Waals surface area contributed by atoms with E-state index in [4.69, 9.17) is 17.3 Å². The molecule has 0 fully saturated rings. The summed E-state index contributed by atoms with van der Waals surface area (Å²) in [4.78, 5) is 4.88. The Labute approximate surface area is 81.5 Å². The van der Waals surface area contributed by atoms with E-state index in [-0.39, 0.29) is 0 Å². The average molecular weight is 203 g/mol. The molecule has 1 aromatic rings. The van der Waals surface area contributed by atoms with E-state index < -0.39 is 0 Å². The zero-order chi connectivity index (χ0) is 9.14. The Morgan fingerprint density at radius 3 is 2.83 bits per heavy atom. The standard InChI is InChI=1S/C8H11ClN2S/c1-5(2)12-6-3-4-11-8(10)7(6)9/h3-5H,1-2H3,(H2,10,11). The minimum Gasteiger partial charge on any atom is -0.382 e. The number of rotatable bonds is 2. The van der Waals surface area contributed by atoms with Gasteiger partial charge in [-0.15, -0.1) is 11.8 Å². The summed E-state index contributed by atoms with van der Waals surface area (Å²) in [6.45, 7) is 4.22. The molecular weight excluding hydrogens is 192 g/mol. The van der Waals surface area contributed by atoms with E-state index in [1.807, 2.05) is 6.07 Å². The van der Waals surface area contributed by atoms with Crippen LogP contribution in [0, 0.1) is 0 Å². The molecule has 66 valence electrons. The number of nitrogens with zero attached hydrogens (tertiary/aromatic N) is 1. The highest BCUT2D eigenvalue weighted by molar-refractivity contribution is 8.00. The Hall–Kier alpha value is -0.410.